The van der Waals surface area contributed by atoms with E-state index in [-0.39, 0.29) is 18.7 Å². The third-order valence-electron chi connectivity index (χ3n) is 3.13. The maximum Gasteiger partial charge on any atom is 0.252 e. The van der Waals surface area contributed by atoms with E-state index >= 15 is 0 Å². The standard InChI is InChI=1S/C15H20N2O3S/c1-3-19-14(20-4-2)11-16-10-13(18)17(15(16)21)12-8-6-5-7-9-12/h5-9,14H,3-4,10-11H2,1-2H3. The molecule has 1 aliphatic rings. The quantitative estimate of drug-likeness (QED) is 0.569. The number of para-hydroxylation sites is 1. The van der Waals surface area contributed by atoms with Crippen molar-refractivity contribution in [2.24, 2.45) is 0 Å². The number of benzene rings is 1. The summed E-state index contributed by atoms with van der Waals surface area (Å²) in [4.78, 5) is 15.6. The molecule has 114 valence electrons. The Morgan fingerprint density at radius 3 is 2.38 bits per heavy atom. The lowest BCUT2D eigenvalue weighted by atomic mass is 10.3. The number of anilines is 1. The molecule has 1 amide bonds. The number of carbonyl (C=O) groups excluding carboxylic acids is 1. The molecule has 1 fully saturated rings. The third kappa shape index (κ3) is 3.78. The van der Waals surface area contributed by atoms with Crippen LogP contribution < -0.4 is 4.90 Å². The summed E-state index contributed by atoms with van der Waals surface area (Å²) in [6.45, 7) is 5.65. The highest BCUT2D eigenvalue weighted by atomic mass is 32.1. The van der Waals surface area contributed by atoms with Gasteiger partial charge in [0.05, 0.1) is 12.2 Å². The Labute approximate surface area is 130 Å². The molecule has 1 aliphatic heterocycles. The van der Waals surface area contributed by atoms with Gasteiger partial charge in [-0.15, -0.1) is 0 Å². The summed E-state index contributed by atoms with van der Waals surface area (Å²) in [5.41, 5.74) is 0.791. The van der Waals surface area contributed by atoms with Gasteiger partial charge in [-0.05, 0) is 38.2 Å². The van der Waals surface area contributed by atoms with Crippen LogP contribution in [0.1, 0.15) is 13.8 Å². The van der Waals surface area contributed by atoms with E-state index in [1.807, 2.05) is 49.1 Å². The molecular weight excluding hydrogens is 288 g/mol. The summed E-state index contributed by atoms with van der Waals surface area (Å²) in [7, 11) is 0. The van der Waals surface area contributed by atoms with Gasteiger partial charge in [0.15, 0.2) is 11.4 Å². The molecule has 0 radical (unpaired) electrons. The Morgan fingerprint density at radius 1 is 1.19 bits per heavy atom. The summed E-state index contributed by atoms with van der Waals surface area (Å²) in [6.07, 6.45) is -0.374. The molecule has 2 rings (SSSR count). The van der Waals surface area contributed by atoms with E-state index in [0.717, 1.165) is 5.69 Å². The van der Waals surface area contributed by atoms with Crippen molar-refractivity contribution in [3.8, 4) is 0 Å². The van der Waals surface area contributed by atoms with Gasteiger partial charge in [-0.2, -0.15) is 0 Å². The first kappa shape index (κ1) is 15.9. The molecule has 0 spiro atoms. The predicted molar refractivity (Wildman–Crippen MR) is 85.1 cm³/mol. The van der Waals surface area contributed by atoms with Crippen LogP contribution in [0.5, 0.6) is 0 Å². The zero-order valence-corrected chi connectivity index (χ0v) is 13.1. The molecule has 0 aliphatic carbocycles. The number of amides is 1. The summed E-state index contributed by atoms with van der Waals surface area (Å²) < 4.78 is 11.0. The van der Waals surface area contributed by atoms with Crippen LogP contribution in [-0.2, 0) is 14.3 Å². The minimum atomic E-state index is -0.374. The van der Waals surface area contributed by atoms with E-state index in [1.54, 1.807) is 4.90 Å². The van der Waals surface area contributed by atoms with Crippen LogP contribution in [0.15, 0.2) is 30.3 Å². The largest absolute Gasteiger partial charge is 0.351 e. The molecule has 0 saturated carbocycles. The first-order chi connectivity index (χ1) is 10.2. The van der Waals surface area contributed by atoms with Crippen molar-refractivity contribution in [3.05, 3.63) is 30.3 Å². The van der Waals surface area contributed by atoms with Gasteiger partial charge in [0.25, 0.3) is 5.91 Å². The summed E-state index contributed by atoms with van der Waals surface area (Å²) in [5.74, 6) is -0.0297. The minimum absolute atomic E-state index is 0.0297. The second kappa shape index (κ2) is 7.49. The van der Waals surface area contributed by atoms with Gasteiger partial charge in [0, 0.05) is 13.2 Å². The van der Waals surface area contributed by atoms with Crippen molar-refractivity contribution in [1.82, 2.24) is 4.90 Å². The maximum atomic E-state index is 12.2. The molecule has 1 heterocycles. The van der Waals surface area contributed by atoms with Crippen LogP contribution in [-0.4, -0.2) is 48.5 Å². The molecule has 1 aromatic carbocycles. The monoisotopic (exact) mass is 308 g/mol. The highest BCUT2D eigenvalue weighted by Crippen LogP contribution is 2.21. The van der Waals surface area contributed by atoms with Crippen molar-refractivity contribution in [2.45, 2.75) is 20.1 Å². The van der Waals surface area contributed by atoms with Crippen molar-refractivity contribution in [2.75, 3.05) is 31.2 Å². The van der Waals surface area contributed by atoms with Crippen LogP contribution in [0.3, 0.4) is 0 Å². The van der Waals surface area contributed by atoms with E-state index in [0.29, 0.717) is 24.9 Å². The second-order valence-electron chi connectivity index (χ2n) is 4.57. The smallest absolute Gasteiger partial charge is 0.252 e. The van der Waals surface area contributed by atoms with Gasteiger partial charge in [0.2, 0.25) is 0 Å². The second-order valence-corrected chi connectivity index (χ2v) is 4.93. The first-order valence-electron chi connectivity index (χ1n) is 7.07. The van der Waals surface area contributed by atoms with Crippen molar-refractivity contribution in [1.29, 1.82) is 0 Å². The van der Waals surface area contributed by atoms with Gasteiger partial charge >= 0.3 is 0 Å². The predicted octanol–water partition coefficient (Wildman–Crippen LogP) is 2.02. The zero-order chi connectivity index (χ0) is 15.2. The van der Waals surface area contributed by atoms with Crippen LogP contribution >= 0.6 is 12.2 Å². The van der Waals surface area contributed by atoms with Crippen molar-refractivity contribution in [3.63, 3.8) is 0 Å². The molecule has 0 N–H and O–H groups in total. The highest BCUT2D eigenvalue weighted by molar-refractivity contribution is 7.80. The van der Waals surface area contributed by atoms with E-state index < -0.39 is 0 Å². The fourth-order valence-corrected chi connectivity index (χ4v) is 2.58. The van der Waals surface area contributed by atoms with Gasteiger partial charge in [0.1, 0.15) is 6.54 Å². The van der Waals surface area contributed by atoms with Crippen molar-refractivity contribution < 1.29 is 14.3 Å². The number of rotatable bonds is 7. The Kier molecular flexibility index (Phi) is 5.67. The molecule has 1 saturated heterocycles. The Morgan fingerprint density at radius 2 is 1.81 bits per heavy atom. The molecule has 5 nitrogen and oxygen atoms in total. The van der Waals surface area contributed by atoms with Gasteiger partial charge in [-0.3, -0.25) is 9.69 Å². The molecule has 0 bridgehead atoms. The van der Waals surface area contributed by atoms with Crippen LogP contribution in [0.25, 0.3) is 0 Å². The van der Waals surface area contributed by atoms with Crippen LogP contribution in [0, 0.1) is 0 Å². The van der Waals surface area contributed by atoms with Crippen LogP contribution in [0.2, 0.25) is 0 Å². The molecule has 0 atom stereocenters. The highest BCUT2D eigenvalue weighted by Gasteiger charge is 2.35. The number of thiocarbonyl (C=S) groups is 1. The number of hydrogen-bond donors (Lipinski definition) is 0. The Balaban J connectivity index is 2.07. The van der Waals surface area contributed by atoms with E-state index in [1.165, 1.54) is 0 Å². The lowest BCUT2D eigenvalue weighted by Crippen LogP contribution is -2.39. The number of carbonyl (C=O) groups is 1. The molecule has 21 heavy (non-hydrogen) atoms. The molecule has 6 heteroatoms. The SMILES string of the molecule is CCOC(CN1CC(=O)N(c2ccccc2)C1=S)OCC. The normalized spacial score (nSPS) is 15.4. The maximum absolute atomic E-state index is 12.2. The number of hydrogen-bond acceptors (Lipinski definition) is 4. The first-order valence-corrected chi connectivity index (χ1v) is 7.48. The summed E-state index contributed by atoms with van der Waals surface area (Å²) in [5, 5.41) is 0.496. The summed E-state index contributed by atoms with van der Waals surface area (Å²) in [6, 6.07) is 9.42. The summed E-state index contributed by atoms with van der Waals surface area (Å²) >= 11 is 5.43. The minimum Gasteiger partial charge on any atom is -0.351 e. The molecular formula is C15H20N2O3S. The average molecular weight is 308 g/mol. The molecule has 0 unspecified atom stereocenters. The fraction of sp³-hybridized carbons (Fsp3) is 0.467. The topological polar surface area (TPSA) is 42.0 Å². The third-order valence-corrected chi connectivity index (χ3v) is 3.57. The van der Waals surface area contributed by atoms with E-state index in [2.05, 4.69) is 0 Å². The number of ether oxygens (including phenoxy) is 2. The van der Waals surface area contributed by atoms with Gasteiger partial charge in [-0.25, -0.2) is 0 Å². The van der Waals surface area contributed by atoms with E-state index in [4.69, 9.17) is 21.7 Å². The van der Waals surface area contributed by atoms with Crippen molar-refractivity contribution >= 4 is 28.9 Å². The lowest BCUT2D eigenvalue weighted by molar-refractivity contribution is -0.141. The fourth-order valence-electron chi connectivity index (χ4n) is 2.23. The Bertz CT molecular complexity index is 489. The van der Waals surface area contributed by atoms with Gasteiger partial charge < -0.3 is 14.4 Å². The van der Waals surface area contributed by atoms with E-state index in [9.17, 15) is 4.79 Å². The van der Waals surface area contributed by atoms with Crippen LogP contribution in [0.4, 0.5) is 5.69 Å². The molecule has 1 aromatic rings. The Hall–Kier alpha value is -1.50. The average Bonchev–Trinajstić information content (AvgIpc) is 2.75. The number of nitrogens with zero attached hydrogens (tertiary/aromatic N) is 2. The molecule has 0 aromatic heterocycles. The lowest BCUT2D eigenvalue weighted by Gasteiger charge is -2.25. The van der Waals surface area contributed by atoms with Gasteiger partial charge in [-0.1, -0.05) is 18.2 Å². The zero-order valence-electron chi connectivity index (χ0n) is 12.3.